The molecule has 0 fully saturated rings. The van der Waals surface area contributed by atoms with Gasteiger partial charge in [-0.05, 0) is 46.5 Å². The fourth-order valence-electron chi connectivity index (χ4n) is 3.94. The van der Waals surface area contributed by atoms with Gasteiger partial charge in [-0.2, -0.15) is 0 Å². The van der Waals surface area contributed by atoms with Crippen molar-refractivity contribution in [1.82, 2.24) is 4.90 Å². The smallest absolute Gasteiger partial charge is 0.416 e. The molecule has 0 heterocycles. The van der Waals surface area contributed by atoms with Gasteiger partial charge in [-0.25, -0.2) is 9.69 Å². The Hall–Kier alpha value is -4.13. The molecule has 7 nitrogen and oxygen atoms in total. The molecule has 162 valence electrons. The predicted octanol–water partition coefficient (Wildman–Crippen LogP) is 4.13. The van der Waals surface area contributed by atoms with Crippen LogP contribution < -0.4 is 5.73 Å². The normalized spacial score (nSPS) is 12.0. The van der Waals surface area contributed by atoms with E-state index in [-0.39, 0.29) is 31.1 Å². The quantitative estimate of drug-likeness (QED) is 0.569. The minimum atomic E-state index is -1.12. The zero-order chi connectivity index (χ0) is 22.7. The van der Waals surface area contributed by atoms with Gasteiger partial charge in [0.1, 0.15) is 6.61 Å². The van der Waals surface area contributed by atoms with Crippen LogP contribution in [0.2, 0.25) is 0 Å². The van der Waals surface area contributed by atoms with Crippen LogP contribution in [0.25, 0.3) is 11.1 Å². The summed E-state index contributed by atoms with van der Waals surface area (Å²) in [6.07, 6.45) is -1.26. The number of carboxylic acid groups (broad SMARTS) is 1. The molecule has 3 aromatic carbocycles. The molecular weight excluding hydrogens is 408 g/mol. The summed E-state index contributed by atoms with van der Waals surface area (Å²) < 4.78 is 5.55. The highest BCUT2D eigenvalue weighted by Gasteiger charge is 2.31. The molecule has 0 atom stereocenters. The van der Waals surface area contributed by atoms with Gasteiger partial charge in [0, 0.05) is 23.7 Å². The number of aliphatic carboxylic acids is 1. The highest BCUT2D eigenvalue weighted by atomic mass is 16.6. The van der Waals surface area contributed by atoms with Crippen LogP contribution in [-0.4, -0.2) is 41.1 Å². The number of imide groups is 1. The molecule has 0 aliphatic heterocycles. The lowest BCUT2D eigenvalue weighted by molar-refractivity contribution is -0.137. The number of nitrogens with two attached hydrogens (primary N) is 1. The lowest BCUT2D eigenvalue weighted by Crippen LogP contribution is -2.39. The largest absolute Gasteiger partial charge is 0.481 e. The summed E-state index contributed by atoms with van der Waals surface area (Å²) in [5.41, 5.74) is 10.6. The molecule has 7 heteroatoms. The number of anilines is 1. The summed E-state index contributed by atoms with van der Waals surface area (Å²) in [4.78, 5) is 37.7. The molecule has 4 rings (SSSR count). The number of amides is 2. The van der Waals surface area contributed by atoms with Crippen LogP contribution in [0.1, 0.15) is 33.8 Å². The van der Waals surface area contributed by atoms with Crippen molar-refractivity contribution in [2.75, 3.05) is 18.9 Å². The second kappa shape index (κ2) is 8.93. The first-order valence-electron chi connectivity index (χ1n) is 10.2. The zero-order valence-corrected chi connectivity index (χ0v) is 17.2. The topological polar surface area (TPSA) is 110 Å². The maximum absolute atomic E-state index is 12.9. The fraction of sp³-hybridized carbons (Fsp3) is 0.160. The number of nitrogen functional groups attached to an aromatic ring is 1. The third-order valence-electron chi connectivity index (χ3n) is 5.51. The van der Waals surface area contributed by atoms with Crippen molar-refractivity contribution in [2.24, 2.45) is 0 Å². The molecule has 1 aliphatic carbocycles. The lowest BCUT2D eigenvalue weighted by Gasteiger charge is -2.21. The number of carbonyl (C=O) groups excluding carboxylic acids is 2. The first kappa shape index (κ1) is 21.1. The van der Waals surface area contributed by atoms with Crippen molar-refractivity contribution in [3.8, 4) is 11.1 Å². The van der Waals surface area contributed by atoms with Gasteiger partial charge in [0.15, 0.2) is 0 Å². The lowest BCUT2D eigenvalue weighted by atomic mass is 9.98. The van der Waals surface area contributed by atoms with Crippen LogP contribution in [0.15, 0.2) is 72.8 Å². The number of fused-ring (bicyclic) bond motifs is 3. The van der Waals surface area contributed by atoms with Crippen LogP contribution >= 0.6 is 0 Å². The standard InChI is InChI=1S/C25H22N2O5/c26-17-11-9-16(10-12-17)24(30)27(14-13-23(28)29)25(31)32-15-22-20-7-3-1-5-18(20)19-6-2-4-8-21(19)22/h1-12,22H,13-15,26H2,(H,28,29). The van der Waals surface area contributed by atoms with Crippen molar-refractivity contribution in [2.45, 2.75) is 12.3 Å². The summed E-state index contributed by atoms with van der Waals surface area (Å²) in [5, 5.41) is 9.05. The van der Waals surface area contributed by atoms with E-state index in [1.54, 1.807) is 12.1 Å². The van der Waals surface area contributed by atoms with Gasteiger partial charge in [-0.1, -0.05) is 48.5 Å². The molecule has 0 spiro atoms. The molecule has 0 bridgehead atoms. The van der Waals surface area contributed by atoms with Crippen LogP contribution in [-0.2, 0) is 9.53 Å². The van der Waals surface area contributed by atoms with Crippen LogP contribution in [0.4, 0.5) is 10.5 Å². The van der Waals surface area contributed by atoms with Crippen molar-refractivity contribution in [3.63, 3.8) is 0 Å². The molecule has 0 aromatic heterocycles. The molecule has 2 amide bonds. The number of hydrogen-bond donors (Lipinski definition) is 2. The van der Waals surface area contributed by atoms with E-state index in [1.165, 1.54) is 12.1 Å². The van der Waals surface area contributed by atoms with E-state index in [1.807, 2.05) is 48.5 Å². The number of benzene rings is 3. The Morgan fingerprint density at radius 1 is 0.875 bits per heavy atom. The van der Waals surface area contributed by atoms with Crippen molar-refractivity contribution in [3.05, 3.63) is 89.5 Å². The number of carboxylic acids is 1. The Bertz CT molecular complexity index is 1130. The minimum Gasteiger partial charge on any atom is -0.481 e. The Morgan fingerprint density at radius 3 is 2.00 bits per heavy atom. The van der Waals surface area contributed by atoms with Gasteiger partial charge in [0.2, 0.25) is 0 Å². The molecule has 0 radical (unpaired) electrons. The van der Waals surface area contributed by atoms with Gasteiger partial charge < -0.3 is 15.6 Å². The number of ether oxygens (including phenoxy) is 1. The number of hydrogen-bond acceptors (Lipinski definition) is 5. The van der Waals surface area contributed by atoms with E-state index in [2.05, 4.69) is 0 Å². The molecule has 32 heavy (non-hydrogen) atoms. The SMILES string of the molecule is Nc1ccc(C(=O)N(CCC(=O)O)C(=O)OCC2c3ccccc3-c3ccccc32)cc1. The second-order valence-electron chi connectivity index (χ2n) is 7.53. The summed E-state index contributed by atoms with van der Waals surface area (Å²) in [6, 6.07) is 21.9. The van der Waals surface area contributed by atoms with Crippen molar-refractivity contribution < 1.29 is 24.2 Å². The highest BCUT2D eigenvalue weighted by molar-refractivity contribution is 6.03. The zero-order valence-electron chi connectivity index (χ0n) is 17.2. The van der Waals surface area contributed by atoms with E-state index >= 15 is 0 Å². The average molecular weight is 430 g/mol. The van der Waals surface area contributed by atoms with Crippen molar-refractivity contribution >= 4 is 23.7 Å². The summed E-state index contributed by atoms with van der Waals surface area (Å²) >= 11 is 0. The van der Waals surface area contributed by atoms with Gasteiger partial charge in [-0.15, -0.1) is 0 Å². The molecule has 3 aromatic rings. The Labute approximate surface area is 185 Å². The number of rotatable bonds is 6. The van der Waals surface area contributed by atoms with Crippen LogP contribution in [0.3, 0.4) is 0 Å². The van der Waals surface area contributed by atoms with Crippen LogP contribution in [0, 0.1) is 0 Å². The van der Waals surface area contributed by atoms with Crippen molar-refractivity contribution in [1.29, 1.82) is 0 Å². The third kappa shape index (κ3) is 4.18. The molecule has 0 saturated carbocycles. The first-order valence-corrected chi connectivity index (χ1v) is 10.2. The molecule has 0 saturated heterocycles. The van der Waals surface area contributed by atoms with E-state index in [9.17, 15) is 14.4 Å². The maximum Gasteiger partial charge on any atom is 0.416 e. The molecule has 3 N–H and O–H groups in total. The maximum atomic E-state index is 12.9. The first-order chi connectivity index (χ1) is 15.5. The van der Waals surface area contributed by atoms with Gasteiger partial charge >= 0.3 is 12.1 Å². The summed E-state index contributed by atoms with van der Waals surface area (Å²) in [5.74, 6) is -1.92. The monoisotopic (exact) mass is 430 g/mol. The van der Waals surface area contributed by atoms with Gasteiger partial charge in [0.05, 0.1) is 6.42 Å². The van der Waals surface area contributed by atoms with E-state index in [4.69, 9.17) is 15.6 Å². The summed E-state index contributed by atoms with van der Waals surface area (Å²) in [6.45, 7) is -0.263. The Balaban J connectivity index is 1.54. The Morgan fingerprint density at radius 2 is 1.44 bits per heavy atom. The number of carbonyl (C=O) groups is 3. The molecule has 1 aliphatic rings. The number of nitrogens with zero attached hydrogens (tertiary/aromatic N) is 1. The minimum absolute atomic E-state index is 0.0332. The molecule has 0 unspecified atom stereocenters. The van der Waals surface area contributed by atoms with Gasteiger partial charge in [0.25, 0.3) is 5.91 Å². The predicted molar refractivity (Wildman–Crippen MR) is 119 cm³/mol. The third-order valence-corrected chi connectivity index (χ3v) is 5.51. The van der Waals surface area contributed by atoms with E-state index < -0.39 is 18.0 Å². The second-order valence-corrected chi connectivity index (χ2v) is 7.53. The van der Waals surface area contributed by atoms with Crippen LogP contribution in [0.5, 0.6) is 0 Å². The highest BCUT2D eigenvalue weighted by Crippen LogP contribution is 2.44. The average Bonchev–Trinajstić information content (AvgIpc) is 3.11. The Kier molecular flexibility index (Phi) is 5.89. The van der Waals surface area contributed by atoms with E-state index in [0.717, 1.165) is 27.2 Å². The fourth-order valence-corrected chi connectivity index (χ4v) is 3.94. The van der Waals surface area contributed by atoms with Gasteiger partial charge in [-0.3, -0.25) is 9.59 Å². The molecular formula is C25H22N2O5. The summed E-state index contributed by atoms with van der Waals surface area (Å²) in [7, 11) is 0. The van der Waals surface area contributed by atoms with E-state index in [0.29, 0.717) is 5.69 Å².